The highest BCUT2D eigenvalue weighted by atomic mass is 16.5. The Morgan fingerprint density at radius 2 is 1.85 bits per heavy atom. The monoisotopic (exact) mass is 354 g/mol. The Labute approximate surface area is 152 Å². The van der Waals surface area contributed by atoms with Crippen molar-refractivity contribution < 1.29 is 14.3 Å². The van der Waals surface area contributed by atoms with Crippen molar-refractivity contribution in [1.82, 2.24) is 9.97 Å². The molecule has 1 saturated heterocycles. The molecule has 0 bridgehead atoms. The number of aryl methyl sites for hydroxylation is 1. The van der Waals surface area contributed by atoms with Gasteiger partial charge in [-0.05, 0) is 44.4 Å². The first-order valence-corrected chi connectivity index (χ1v) is 8.68. The van der Waals surface area contributed by atoms with Crippen LogP contribution in [0.25, 0.3) is 0 Å². The van der Waals surface area contributed by atoms with Crippen LogP contribution in [-0.2, 0) is 4.74 Å². The molecule has 1 aliphatic heterocycles. The summed E-state index contributed by atoms with van der Waals surface area (Å²) < 4.78 is 4.76. The highest BCUT2D eigenvalue weighted by molar-refractivity contribution is 6.07. The summed E-state index contributed by atoms with van der Waals surface area (Å²) in [4.78, 5) is 35.6. The molecule has 3 rings (SSSR count). The van der Waals surface area contributed by atoms with Gasteiger partial charge in [0.1, 0.15) is 5.69 Å². The lowest BCUT2D eigenvalue weighted by molar-refractivity contribution is 0.0602. The third-order valence-corrected chi connectivity index (χ3v) is 4.29. The lowest BCUT2D eigenvalue weighted by atomic mass is 10.1. The molecule has 0 spiro atoms. The number of ether oxygens (including phenoxy) is 1. The maximum Gasteiger partial charge on any atom is 0.339 e. The van der Waals surface area contributed by atoms with Gasteiger partial charge in [-0.1, -0.05) is 12.1 Å². The van der Waals surface area contributed by atoms with Crippen LogP contribution in [0.2, 0.25) is 0 Å². The molecule has 136 valence electrons. The van der Waals surface area contributed by atoms with E-state index < -0.39 is 5.97 Å². The number of rotatable bonds is 4. The summed E-state index contributed by atoms with van der Waals surface area (Å²) >= 11 is 0. The topological polar surface area (TPSA) is 84.4 Å². The third kappa shape index (κ3) is 3.99. The molecule has 7 nitrogen and oxygen atoms in total. The van der Waals surface area contributed by atoms with E-state index in [0.717, 1.165) is 31.6 Å². The van der Waals surface area contributed by atoms with Crippen molar-refractivity contribution in [3.8, 4) is 0 Å². The summed E-state index contributed by atoms with van der Waals surface area (Å²) in [5.74, 6) is -0.310. The Morgan fingerprint density at radius 1 is 1.12 bits per heavy atom. The van der Waals surface area contributed by atoms with Gasteiger partial charge in [0.15, 0.2) is 0 Å². The number of amides is 1. The number of benzene rings is 1. The summed E-state index contributed by atoms with van der Waals surface area (Å²) in [7, 11) is 1.31. The van der Waals surface area contributed by atoms with Crippen LogP contribution >= 0.6 is 0 Å². The van der Waals surface area contributed by atoms with Gasteiger partial charge in [-0.2, -0.15) is 0 Å². The SMILES string of the molecule is COC(=O)c1ccccc1NC(=O)c1cc(C)nc(N2CCCCC2)n1. The van der Waals surface area contributed by atoms with Gasteiger partial charge in [-0.3, -0.25) is 4.79 Å². The molecule has 0 radical (unpaired) electrons. The van der Waals surface area contributed by atoms with Crippen LogP contribution in [0.5, 0.6) is 0 Å². The largest absolute Gasteiger partial charge is 0.465 e. The minimum atomic E-state index is -0.506. The molecule has 1 N–H and O–H groups in total. The van der Waals surface area contributed by atoms with Crippen molar-refractivity contribution in [1.29, 1.82) is 0 Å². The molecular weight excluding hydrogens is 332 g/mol. The molecule has 1 aromatic heterocycles. The lowest BCUT2D eigenvalue weighted by Gasteiger charge is -2.27. The van der Waals surface area contributed by atoms with Crippen LogP contribution < -0.4 is 10.2 Å². The van der Waals surface area contributed by atoms with Gasteiger partial charge >= 0.3 is 5.97 Å². The fourth-order valence-corrected chi connectivity index (χ4v) is 2.97. The number of nitrogens with zero attached hydrogens (tertiary/aromatic N) is 3. The molecule has 1 aliphatic rings. The summed E-state index contributed by atoms with van der Waals surface area (Å²) in [5, 5.41) is 2.75. The van der Waals surface area contributed by atoms with Crippen LogP contribution in [0.15, 0.2) is 30.3 Å². The van der Waals surface area contributed by atoms with Crippen molar-refractivity contribution in [2.45, 2.75) is 26.2 Å². The molecule has 1 aromatic carbocycles. The first-order chi connectivity index (χ1) is 12.6. The number of para-hydroxylation sites is 1. The first-order valence-electron chi connectivity index (χ1n) is 8.68. The quantitative estimate of drug-likeness (QED) is 0.850. The fraction of sp³-hybridized carbons (Fsp3) is 0.368. The molecule has 7 heteroatoms. The first kappa shape index (κ1) is 17.8. The van der Waals surface area contributed by atoms with Crippen molar-refractivity contribution in [2.24, 2.45) is 0 Å². The van der Waals surface area contributed by atoms with Gasteiger partial charge in [-0.15, -0.1) is 0 Å². The summed E-state index contributed by atoms with van der Waals surface area (Å²) in [5.41, 5.74) is 1.69. The molecule has 1 amide bonds. The highest BCUT2D eigenvalue weighted by Crippen LogP contribution is 2.19. The predicted octanol–water partition coefficient (Wildman–Crippen LogP) is 2.81. The fourth-order valence-electron chi connectivity index (χ4n) is 2.97. The number of esters is 1. The molecule has 1 fully saturated rings. The van der Waals surface area contributed by atoms with E-state index >= 15 is 0 Å². The third-order valence-electron chi connectivity index (χ3n) is 4.29. The number of carbonyl (C=O) groups is 2. The minimum Gasteiger partial charge on any atom is -0.465 e. The zero-order chi connectivity index (χ0) is 18.5. The number of hydrogen-bond acceptors (Lipinski definition) is 6. The van der Waals surface area contributed by atoms with Crippen LogP contribution in [0.4, 0.5) is 11.6 Å². The van der Waals surface area contributed by atoms with E-state index in [9.17, 15) is 9.59 Å². The highest BCUT2D eigenvalue weighted by Gasteiger charge is 2.19. The average molecular weight is 354 g/mol. The van der Waals surface area contributed by atoms with E-state index in [4.69, 9.17) is 4.74 Å². The molecule has 2 heterocycles. The molecular formula is C19H22N4O3. The molecule has 0 saturated carbocycles. The van der Waals surface area contributed by atoms with Gasteiger partial charge in [0.05, 0.1) is 18.4 Å². The van der Waals surface area contributed by atoms with Crippen molar-refractivity contribution in [2.75, 3.05) is 30.4 Å². The maximum absolute atomic E-state index is 12.7. The molecule has 0 atom stereocenters. The molecule has 0 unspecified atom stereocenters. The standard InChI is InChI=1S/C19H22N4O3/c1-13-12-16(22-19(20-13)23-10-6-3-7-11-23)17(24)21-15-9-5-4-8-14(15)18(25)26-2/h4-5,8-9,12H,3,6-7,10-11H2,1-2H3,(H,21,24). The second kappa shape index (κ2) is 7.95. The van der Waals surface area contributed by atoms with E-state index in [2.05, 4.69) is 20.2 Å². The second-order valence-electron chi connectivity index (χ2n) is 6.23. The van der Waals surface area contributed by atoms with Crippen molar-refractivity contribution in [3.05, 3.63) is 47.3 Å². The zero-order valence-corrected chi connectivity index (χ0v) is 15.0. The molecule has 2 aromatic rings. The van der Waals surface area contributed by atoms with Crippen LogP contribution in [-0.4, -0.2) is 42.0 Å². The lowest BCUT2D eigenvalue weighted by Crippen LogP contribution is -2.31. The Balaban J connectivity index is 1.84. The van der Waals surface area contributed by atoms with Crippen LogP contribution in [0, 0.1) is 6.92 Å². The number of methoxy groups -OCH3 is 1. The maximum atomic E-state index is 12.7. The van der Waals surface area contributed by atoms with Gasteiger partial charge in [0.25, 0.3) is 5.91 Å². The summed E-state index contributed by atoms with van der Waals surface area (Å²) in [6.45, 7) is 3.64. The van der Waals surface area contributed by atoms with Crippen molar-refractivity contribution in [3.63, 3.8) is 0 Å². The Bertz CT molecular complexity index is 816. The van der Waals surface area contributed by atoms with Gasteiger partial charge in [-0.25, -0.2) is 14.8 Å². The number of piperidine rings is 1. The minimum absolute atomic E-state index is 0.276. The summed E-state index contributed by atoms with van der Waals surface area (Å²) in [6, 6.07) is 8.36. The van der Waals surface area contributed by atoms with E-state index in [1.54, 1.807) is 30.3 Å². The Morgan fingerprint density at radius 3 is 2.58 bits per heavy atom. The summed E-state index contributed by atoms with van der Waals surface area (Å²) in [6.07, 6.45) is 3.41. The molecule has 0 aliphatic carbocycles. The van der Waals surface area contributed by atoms with E-state index in [1.165, 1.54) is 13.5 Å². The van der Waals surface area contributed by atoms with Crippen LogP contribution in [0.1, 0.15) is 45.8 Å². The Kier molecular flexibility index (Phi) is 5.46. The van der Waals surface area contributed by atoms with Gasteiger partial charge in [0, 0.05) is 18.8 Å². The van der Waals surface area contributed by atoms with Crippen molar-refractivity contribution >= 4 is 23.5 Å². The van der Waals surface area contributed by atoms with E-state index in [1.807, 2.05) is 6.92 Å². The number of nitrogens with one attached hydrogen (secondary N) is 1. The molecule has 26 heavy (non-hydrogen) atoms. The van der Waals surface area contributed by atoms with E-state index in [-0.39, 0.29) is 11.6 Å². The van der Waals surface area contributed by atoms with Gasteiger partial charge < -0.3 is 15.0 Å². The number of hydrogen-bond donors (Lipinski definition) is 1. The Hall–Kier alpha value is -2.96. The number of aromatic nitrogens is 2. The number of carbonyl (C=O) groups excluding carboxylic acids is 2. The zero-order valence-electron chi connectivity index (χ0n) is 15.0. The number of anilines is 2. The predicted molar refractivity (Wildman–Crippen MR) is 98.6 cm³/mol. The smallest absolute Gasteiger partial charge is 0.339 e. The van der Waals surface area contributed by atoms with E-state index in [0.29, 0.717) is 17.2 Å². The normalized spacial score (nSPS) is 14.0. The van der Waals surface area contributed by atoms with Crippen LogP contribution in [0.3, 0.4) is 0 Å². The average Bonchev–Trinajstić information content (AvgIpc) is 2.68. The van der Waals surface area contributed by atoms with Gasteiger partial charge in [0.2, 0.25) is 5.95 Å². The second-order valence-corrected chi connectivity index (χ2v) is 6.23.